The van der Waals surface area contributed by atoms with Gasteiger partial charge in [0.1, 0.15) is 6.10 Å². The summed E-state index contributed by atoms with van der Waals surface area (Å²) in [6.07, 6.45) is 22.4. The van der Waals surface area contributed by atoms with Crippen LogP contribution < -0.4 is 5.32 Å². The number of aryl methyl sites for hydroxylation is 1. The molecule has 1 aromatic rings. The van der Waals surface area contributed by atoms with E-state index in [4.69, 9.17) is 18.4 Å². The highest BCUT2D eigenvalue weighted by Crippen LogP contribution is 2.17. The number of amides is 1. The Morgan fingerprint density at radius 3 is 2.06 bits per heavy atom. The molecule has 10 heteroatoms. The van der Waals surface area contributed by atoms with E-state index in [-0.39, 0.29) is 30.1 Å². The molecule has 1 amide bonds. The normalized spacial score (nSPS) is 16.3. The molecule has 1 aromatic carbocycles. The molecule has 0 radical (unpaired) electrons. The van der Waals surface area contributed by atoms with Crippen molar-refractivity contribution in [2.24, 2.45) is 5.92 Å². The highest BCUT2D eigenvalue weighted by atomic mass is 32.2. The first-order valence-corrected chi connectivity index (χ1v) is 20.9. The molecular formula is C39H69NO8S. The van der Waals surface area contributed by atoms with Gasteiger partial charge in [-0.2, -0.15) is 8.42 Å². The van der Waals surface area contributed by atoms with Gasteiger partial charge in [-0.25, -0.2) is 4.79 Å². The molecule has 3 unspecified atom stereocenters. The minimum atomic E-state index is -3.73. The zero-order chi connectivity index (χ0) is 35.4. The summed E-state index contributed by atoms with van der Waals surface area (Å²) in [5.74, 6) is 0.159. The standard InChI is InChI=1S/C39H69NO8S/c1-3-4-5-6-7-8-9-10-11-12-13-14-17-21-35(30-40-39(42)48-37-23-20-28-45-33-37)31-46-32-36(41)22-18-15-16-19-29-47-49(43,44)38-26-24-34(2)25-27-38/h24-27,35-37,41H,3-23,28-33H2,1-2H3,(H,40,42). The van der Waals surface area contributed by atoms with Crippen LogP contribution in [0.15, 0.2) is 29.2 Å². The molecule has 1 saturated heterocycles. The summed E-state index contributed by atoms with van der Waals surface area (Å²) in [7, 11) is -3.73. The van der Waals surface area contributed by atoms with Crippen LogP contribution in [0.3, 0.4) is 0 Å². The summed E-state index contributed by atoms with van der Waals surface area (Å²) in [4.78, 5) is 12.6. The molecule has 0 saturated carbocycles. The smallest absolute Gasteiger partial charge is 0.407 e. The van der Waals surface area contributed by atoms with Crippen LogP contribution in [0.4, 0.5) is 4.79 Å². The molecule has 284 valence electrons. The highest BCUT2D eigenvalue weighted by Gasteiger charge is 2.20. The van der Waals surface area contributed by atoms with Gasteiger partial charge in [-0.1, -0.05) is 127 Å². The molecule has 49 heavy (non-hydrogen) atoms. The Morgan fingerprint density at radius 1 is 0.857 bits per heavy atom. The summed E-state index contributed by atoms with van der Waals surface area (Å²) in [6.45, 7) is 6.74. The van der Waals surface area contributed by atoms with Crippen LogP contribution in [-0.4, -0.2) is 71.4 Å². The maximum atomic E-state index is 12.4. The number of benzene rings is 1. The molecule has 1 aliphatic heterocycles. The lowest BCUT2D eigenvalue weighted by Gasteiger charge is -2.23. The Morgan fingerprint density at radius 2 is 1.45 bits per heavy atom. The molecule has 0 bridgehead atoms. The number of hydrogen-bond acceptors (Lipinski definition) is 8. The number of hydrogen-bond donors (Lipinski definition) is 2. The molecular weight excluding hydrogens is 642 g/mol. The van der Waals surface area contributed by atoms with E-state index in [1.807, 2.05) is 6.92 Å². The van der Waals surface area contributed by atoms with Gasteiger partial charge in [-0.3, -0.25) is 4.18 Å². The maximum Gasteiger partial charge on any atom is 0.407 e. The molecule has 2 rings (SSSR count). The van der Waals surface area contributed by atoms with E-state index in [1.165, 1.54) is 77.0 Å². The lowest BCUT2D eigenvalue weighted by molar-refractivity contribution is -0.0174. The topological polar surface area (TPSA) is 120 Å². The average Bonchev–Trinajstić information content (AvgIpc) is 3.09. The minimum absolute atomic E-state index is 0.151. The number of rotatable bonds is 30. The van der Waals surface area contributed by atoms with Crippen molar-refractivity contribution in [3.05, 3.63) is 29.8 Å². The monoisotopic (exact) mass is 711 g/mol. The molecule has 3 atom stereocenters. The third-order valence-corrected chi connectivity index (χ3v) is 10.6. The highest BCUT2D eigenvalue weighted by molar-refractivity contribution is 7.86. The van der Waals surface area contributed by atoms with Crippen LogP contribution in [0.1, 0.15) is 147 Å². The number of carbonyl (C=O) groups excluding carboxylic acids is 1. The third-order valence-electron chi connectivity index (χ3n) is 9.29. The van der Waals surface area contributed by atoms with Crippen LogP contribution in [0, 0.1) is 12.8 Å². The molecule has 1 fully saturated rings. The van der Waals surface area contributed by atoms with Gasteiger partial charge < -0.3 is 24.6 Å². The number of carbonyl (C=O) groups is 1. The summed E-state index contributed by atoms with van der Waals surface area (Å²) in [5.41, 5.74) is 0.997. The van der Waals surface area contributed by atoms with Gasteiger partial charge in [-0.05, 0) is 57.1 Å². The van der Waals surface area contributed by atoms with Crippen molar-refractivity contribution in [1.82, 2.24) is 5.32 Å². The summed E-state index contributed by atoms with van der Waals surface area (Å²) >= 11 is 0. The van der Waals surface area contributed by atoms with Crippen molar-refractivity contribution in [2.45, 2.75) is 166 Å². The minimum Gasteiger partial charge on any atom is -0.444 e. The second-order valence-corrected chi connectivity index (χ2v) is 15.6. The molecule has 0 aliphatic carbocycles. The Labute approximate surface area is 298 Å². The Bertz CT molecular complexity index is 1050. The van der Waals surface area contributed by atoms with Crippen molar-refractivity contribution >= 4 is 16.2 Å². The lowest BCUT2D eigenvalue weighted by Crippen LogP contribution is -2.37. The number of alkyl carbamates (subject to hydrolysis) is 1. The van der Waals surface area contributed by atoms with Crippen molar-refractivity contribution in [1.29, 1.82) is 0 Å². The van der Waals surface area contributed by atoms with E-state index in [0.29, 0.717) is 32.6 Å². The van der Waals surface area contributed by atoms with Gasteiger partial charge in [-0.15, -0.1) is 0 Å². The second kappa shape index (κ2) is 27.9. The predicted octanol–water partition coefficient (Wildman–Crippen LogP) is 9.03. The van der Waals surface area contributed by atoms with Crippen molar-refractivity contribution < 1.29 is 36.7 Å². The fourth-order valence-electron chi connectivity index (χ4n) is 6.15. The molecule has 9 nitrogen and oxygen atoms in total. The third kappa shape index (κ3) is 22.7. The fraction of sp³-hybridized carbons (Fsp3) is 0.821. The van der Waals surface area contributed by atoms with Gasteiger partial charge in [0.2, 0.25) is 0 Å². The molecule has 0 aromatic heterocycles. The van der Waals surface area contributed by atoms with Crippen LogP contribution in [0.25, 0.3) is 0 Å². The number of ether oxygens (including phenoxy) is 3. The van der Waals surface area contributed by atoms with Gasteiger partial charge in [0.15, 0.2) is 0 Å². The summed E-state index contributed by atoms with van der Waals surface area (Å²) in [6, 6.07) is 6.64. The van der Waals surface area contributed by atoms with Gasteiger partial charge in [0, 0.05) is 13.2 Å². The Kier molecular flexibility index (Phi) is 24.8. The predicted molar refractivity (Wildman–Crippen MR) is 196 cm³/mol. The largest absolute Gasteiger partial charge is 0.444 e. The summed E-state index contributed by atoms with van der Waals surface area (Å²) in [5, 5.41) is 13.4. The zero-order valence-electron chi connectivity index (χ0n) is 30.8. The van der Waals surface area contributed by atoms with Crippen LogP contribution >= 0.6 is 0 Å². The van der Waals surface area contributed by atoms with E-state index >= 15 is 0 Å². The van der Waals surface area contributed by atoms with Crippen LogP contribution in [0.5, 0.6) is 0 Å². The van der Waals surface area contributed by atoms with E-state index in [9.17, 15) is 18.3 Å². The molecule has 1 aliphatic rings. The first-order valence-electron chi connectivity index (χ1n) is 19.5. The van der Waals surface area contributed by atoms with Gasteiger partial charge >= 0.3 is 6.09 Å². The number of aliphatic hydroxyl groups excluding tert-OH is 1. The molecule has 0 spiro atoms. The Hall–Kier alpha value is -1.72. The van der Waals surface area contributed by atoms with Crippen molar-refractivity contribution in [3.63, 3.8) is 0 Å². The lowest BCUT2D eigenvalue weighted by atomic mass is 10.00. The maximum absolute atomic E-state index is 12.4. The van der Waals surface area contributed by atoms with E-state index in [0.717, 1.165) is 57.1 Å². The number of unbranched alkanes of at least 4 members (excludes halogenated alkanes) is 15. The molecule has 1 heterocycles. The zero-order valence-corrected chi connectivity index (χ0v) is 31.7. The van der Waals surface area contributed by atoms with Crippen molar-refractivity contribution in [2.75, 3.05) is 39.6 Å². The summed E-state index contributed by atoms with van der Waals surface area (Å²) < 4.78 is 46.7. The number of nitrogens with one attached hydrogen (secondary N) is 1. The number of aliphatic hydroxyl groups is 1. The quantitative estimate of drug-likeness (QED) is 0.0599. The Balaban J connectivity index is 1.57. The van der Waals surface area contributed by atoms with Crippen LogP contribution in [0.2, 0.25) is 0 Å². The second-order valence-electron chi connectivity index (χ2n) is 14.0. The van der Waals surface area contributed by atoms with Gasteiger partial charge in [0.05, 0.1) is 37.4 Å². The average molecular weight is 712 g/mol. The fourth-order valence-corrected chi connectivity index (χ4v) is 7.09. The van der Waals surface area contributed by atoms with Crippen molar-refractivity contribution in [3.8, 4) is 0 Å². The molecule has 2 N–H and O–H groups in total. The SMILES string of the molecule is CCCCCCCCCCCCCCCC(CNC(=O)OC1CCCOC1)COCC(O)CCCCCCOS(=O)(=O)c1ccc(C)cc1. The first-order chi connectivity index (χ1) is 23.8. The van der Waals surface area contributed by atoms with E-state index < -0.39 is 22.3 Å². The van der Waals surface area contributed by atoms with E-state index in [2.05, 4.69) is 12.2 Å². The first kappa shape index (κ1) is 43.4. The van der Waals surface area contributed by atoms with Gasteiger partial charge in [0.25, 0.3) is 10.1 Å². The van der Waals surface area contributed by atoms with E-state index in [1.54, 1.807) is 24.3 Å². The van der Waals surface area contributed by atoms with Crippen LogP contribution in [-0.2, 0) is 28.5 Å².